The summed E-state index contributed by atoms with van der Waals surface area (Å²) in [6, 6.07) is 18.0. The zero-order valence-electron chi connectivity index (χ0n) is 18.3. The first-order valence-electron chi connectivity index (χ1n) is 10.6. The number of anilines is 1. The topological polar surface area (TPSA) is 108 Å². The van der Waals surface area contributed by atoms with Crippen molar-refractivity contribution in [3.05, 3.63) is 89.0 Å². The Morgan fingerprint density at radius 3 is 2.06 bits per heavy atom. The molecule has 1 aliphatic carbocycles. The molecule has 34 heavy (non-hydrogen) atoms. The molecule has 1 aliphatic rings. The van der Waals surface area contributed by atoms with Crippen molar-refractivity contribution in [3.8, 4) is 11.5 Å². The van der Waals surface area contributed by atoms with Gasteiger partial charge in [-0.3, -0.25) is 14.4 Å². The van der Waals surface area contributed by atoms with Crippen molar-refractivity contribution in [1.29, 1.82) is 0 Å². The lowest BCUT2D eigenvalue weighted by Crippen LogP contribution is -2.26. The second-order valence-electron chi connectivity index (χ2n) is 7.31. The van der Waals surface area contributed by atoms with Crippen molar-refractivity contribution in [3.63, 3.8) is 0 Å². The van der Waals surface area contributed by atoms with Gasteiger partial charge in [-0.05, 0) is 25.1 Å². The molecule has 0 radical (unpaired) electrons. The highest BCUT2D eigenvalue weighted by atomic mass is 16.6. The van der Waals surface area contributed by atoms with Crippen LogP contribution in [0.2, 0.25) is 0 Å². The van der Waals surface area contributed by atoms with Crippen LogP contribution in [0.1, 0.15) is 38.8 Å². The molecule has 0 aliphatic heterocycles. The Morgan fingerprint density at radius 2 is 1.35 bits per heavy atom. The molecule has 8 nitrogen and oxygen atoms in total. The van der Waals surface area contributed by atoms with E-state index in [0.29, 0.717) is 23.7 Å². The van der Waals surface area contributed by atoms with Gasteiger partial charge in [0.1, 0.15) is 0 Å². The van der Waals surface area contributed by atoms with Crippen LogP contribution < -0.4 is 14.8 Å². The fourth-order valence-corrected chi connectivity index (χ4v) is 3.60. The molecule has 3 aromatic carbocycles. The minimum Gasteiger partial charge on any atom is -0.490 e. The van der Waals surface area contributed by atoms with Crippen molar-refractivity contribution in [1.82, 2.24) is 0 Å². The van der Waals surface area contributed by atoms with E-state index in [9.17, 15) is 19.2 Å². The van der Waals surface area contributed by atoms with Crippen molar-refractivity contribution < 1.29 is 33.4 Å². The molecule has 0 fully saturated rings. The summed E-state index contributed by atoms with van der Waals surface area (Å²) in [5, 5.41) is 2.56. The first-order chi connectivity index (χ1) is 16.5. The average molecular weight is 459 g/mol. The Kier molecular flexibility index (Phi) is 6.68. The number of benzene rings is 3. The van der Waals surface area contributed by atoms with E-state index in [2.05, 4.69) is 5.32 Å². The number of para-hydroxylation sites is 2. The van der Waals surface area contributed by atoms with Crippen LogP contribution in [0, 0.1) is 0 Å². The lowest BCUT2D eigenvalue weighted by molar-refractivity contribution is -0.149. The van der Waals surface area contributed by atoms with E-state index >= 15 is 0 Å². The van der Waals surface area contributed by atoms with Crippen LogP contribution in [0.4, 0.5) is 5.69 Å². The number of amides is 1. The Morgan fingerprint density at radius 1 is 0.735 bits per heavy atom. The molecule has 0 bridgehead atoms. The van der Waals surface area contributed by atoms with E-state index in [1.165, 1.54) is 6.07 Å². The van der Waals surface area contributed by atoms with E-state index in [4.69, 9.17) is 14.2 Å². The summed E-state index contributed by atoms with van der Waals surface area (Å²) in [6.45, 7) is 1.27. The minimum atomic E-state index is -0.753. The van der Waals surface area contributed by atoms with Gasteiger partial charge in [0, 0.05) is 16.7 Å². The molecule has 0 saturated heterocycles. The van der Waals surface area contributed by atoms with Gasteiger partial charge >= 0.3 is 5.97 Å². The van der Waals surface area contributed by atoms with Gasteiger partial charge in [0.2, 0.25) is 0 Å². The standard InChI is InChI=1S/C26H21NO7/c1-2-32-20-12-5-6-13-21(20)33-15-23(29)34-14-22(28)27-19-11-7-10-18-24(19)26(31)17-9-4-3-8-16(17)25(18)30/h3-13H,2,14-15H2,1H3,(H,27,28). The number of nitrogens with one attached hydrogen (secondary N) is 1. The van der Waals surface area contributed by atoms with Crippen LogP contribution >= 0.6 is 0 Å². The number of ketones is 2. The molecule has 4 rings (SSSR count). The average Bonchev–Trinajstić information content (AvgIpc) is 2.85. The van der Waals surface area contributed by atoms with Gasteiger partial charge in [-0.2, -0.15) is 0 Å². The molecule has 0 heterocycles. The summed E-state index contributed by atoms with van der Waals surface area (Å²) in [5.74, 6) is -1.20. The molecule has 0 spiro atoms. The predicted molar refractivity (Wildman–Crippen MR) is 122 cm³/mol. The Bertz CT molecular complexity index is 1280. The van der Waals surface area contributed by atoms with E-state index in [1.807, 2.05) is 6.92 Å². The quantitative estimate of drug-likeness (QED) is 0.402. The van der Waals surface area contributed by atoms with Crippen molar-refractivity contribution in [2.45, 2.75) is 6.92 Å². The first kappa shape index (κ1) is 22.7. The Balaban J connectivity index is 1.38. The Labute approximate surface area is 195 Å². The number of hydrogen-bond donors (Lipinski definition) is 1. The van der Waals surface area contributed by atoms with Crippen LogP contribution in [0.25, 0.3) is 0 Å². The second kappa shape index (κ2) is 9.99. The molecule has 1 amide bonds. The van der Waals surface area contributed by atoms with Crippen LogP contribution in [0.3, 0.4) is 0 Å². The van der Waals surface area contributed by atoms with Gasteiger partial charge in [0.25, 0.3) is 5.91 Å². The number of rotatable bonds is 8. The van der Waals surface area contributed by atoms with Crippen molar-refractivity contribution in [2.75, 3.05) is 25.1 Å². The van der Waals surface area contributed by atoms with Crippen molar-refractivity contribution >= 4 is 29.1 Å². The highest BCUT2D eigenvalue weighted by molar-refractivity contribution is 6.30. The maximum atomic E-state index is 13.0. The summed E-state index contributed by atoms with van der Waals surface area (Å²) in [5.41, 5.74) is 1.09. The lowest BCUT2D eigenvalue weighted by Gasteiger charge is -2.20. The maximum Gasteiger partial charge on any atom is 0.344 e. The lowest BCUT2D eigenvalue weighted by atomic mass is 9.83. The highest BCUT2D eigenvalue weighted by Gasteiger charge is 2.31. The minimum absolute atomic E-state index is 0.113. The van der Waals surface area contributed by atoms with Gasteiger partial charge < -0.3 is 19.5 Å². The van der Waals surface area contributed by atoms with E-state index in [-0.39, 0.29) is 33.9 Å². The number of fused-ring (bicyclic) bond motifs is 2. The molecular weight excluding hydrogens is 438 g/mol. The van der Waals surface area contributed by atoms with Gasteiger partial charge in [-0.15, -0.1) is 0 Å². The van der Waals surface area contributed by atoms with E-state index < -0.39 is 25.1 Å². The maximum absolute atomic E-state index is 13.0. The van der Waals surface area contributed by atoms with Crippen LogP contribution in [-0.4, -0.2) is 43.3 Å². The second-order valence-corrected chi connectivity index (χ2v) is 7.31. The van der Waals surface area contributed by atoms with E-state index in [0.717, 1.165) is 0 Å². The van der Waals surface area contributed by atoms with E-state index in [1.54, 1.807) is 60.7 Å². The summed E-state index contributed by atoms with van der Waals surface area (Å²) < 4.78 is 15.8. The predicted octanol–water partition coefficient (Wildman–Crippen LogP) is 3.42. The molecule has 172 valence electrons. The fourth-order valence-electron chi connectivity index (χ4n) is 3.60. The van der Waals surface area contributed by atoms with Gasteiger partial charge in [-0.25, -0.2) is 4.79 Å². The fraction of sp³-hybridized carbons (Fsp3) is 0.154. The molecule has 0 saturated carbocycles. The van der Waals surface area contributed by atoms with Crippen LogP contribution in [0.15, 0.2) is 66.7 Å². The summed E-state index contributed by atoms with van der Waals surface area (Å²) in [6.07, 6.45) is 0. The van der Waals surface area contributed by atoms with Crippen LogP contribution in [-0.2, 0) is 14.3 Å². The SMILES string of the molecule is CCOc1ccccc1OCC(=O)OCC(=O)Nc1cccc2c1C(=O)c1ccccc1C2=O. The van der Waals surface area contributed by atoms with Gasteiger partial charge in [0.05, 0.1) is 17.9 Å². The molecular formula is C26H21NO7. The third-order valence-electron chi connectivity index (χ3n) is 5.09. The number of carbonyl (C=O) groups excluding carboxylic acids is 4. The molecule has 1 N–H and O–H groups in total. The number of carbonyl (C=O) groups is 4. The third-order valence-corrected chi connectivity index (χ3v) is 5.09. The van der Waals surface area contributed by atoms with Gasteiger partial charge in [0.15, 0.2) is 36.3 Å². The molecule has 0 atom stereocenters. The van der Waals surface area contributed by atoms with Crippen LogP contribution in [0.5, 0.6) is 11.5 Å². The monoisotopic (exact) mass is 459 g/mol. The Hall–Kier alpha value is -4.46. The molecule has 0 unspecified atom stereocenters. The largest absolute Gasteiger partial charge is 0.490 e. The molecule has 0 aromatic heterocycles. The summed E-state index contributed by atoms with van der Waals surface area (Å²) in [7, 11) is 0. The zero-order chi connectivity index (χ0) is 24.1. The third kappa shape index (κ3) is 4.66. The van der Waals surface area contributed by atoms with Crippen molar-refractivity contribution in [2.24, 2.45) is 0 Å². The number of ether oxygens (including phenoxy) is 3. The molecule has 8 heteroatoms. The summed E-state index contributed by atoms with van der Waals surface area (Å²) in [4.78, 5) is 50.2. The number of hydrogen-bond acceptors (Lipinski definition) is 7. The smallest absolute Gasteiger partial charge is 0.344 e. The zero-order valence-corrected chi connectivity index (χ0v) is 18.3. The highest BCUT2D eigenvalue weighted by Crippen LogP contribution is 2.32. The van der Waals surface area contributed by atoms with Gasteiger partial charge in [-0.1, -0.05) is 48.5 Å². The summed E-state index contributed by atoms with van der Waals surface area (Å²) >= 11 is 0. The normalized spacial score (nSPS) is 11.8. The molecule has 3 aromatic rings. The first-order valence-corrected chi connectivity index (χ1v) is 10.6. The number of esters is 1.